The first-order chi connectivity index (χ1) is 4.66. The Balaban J connectivity index is 3.20. The van der Waals surface area contributed by atoms with Gasteiger partial charge in [0.05, 0.1) is 12.7 Å². The summed E-state index contributed by atoms with van der Waals surface area (Å²) in [5.41, 5.74) is 6.40. The maximum absolute atomic E-state index is 5.51. The first kappa shape index (κ1) is 6.92. The van der Waals surface area contributed by atoms with Gasteiger partial charge in [0, 0.05) is 7.05 Å². The number of hydrogen-bond acceptors (Lipinski definition) is 3. The van der Waals surface area contributed by atoms with Crippen molar-refractivity contribution < 1.29 is 4.74 Å². The van der Waals surface area contributed by atoms with Crippen molar-refractivity contribution in [1.29, 1.82) is 0 Å². The van der Waals surface area contributed by atoms with Crippen LogP contribution < -0.4 is 10.5 Å². The third kappa shape index (κ3) is 0.814. The Morgan fingerprint density at radius 3 is 2.40 bits per heavy atom. The highest BCUT2D eigenvalue weighted by atomic mass is 16.5. The fourth-order valence-electron chi connectivity index (χ4n) is 0.919. The van der Waals surface area contributed by atoms with E-state index in [1.54, 1.807) is 18.8 Å². The average molecular weight is 141 g/mol. The van der Waals surface area contributed by atoms with Crippen molar-refractivity contribution >= 4 is 5.82 Å². The summed E-state index contributed by atoms with van der Waals surface area (Å²) in [6, 6.07) is 0. The van der Waals surface area contributed by atoms with Gasteiger partial charge in [0.25, 0.3) is 0 Å². The molecule has 0 aromatic carbocycles. The van der Waals surface area contributed by atoms with Crippen molar-refractivity contribution in [2.75, 3.05) is 12.8 Å². The largest absolute Gasteiger partial charge is 0.481 e. The predicted octanol–water partition coefficient (Wildman–Crippen LogP) is 0.319. The van der Waals surface area contributed by atoms with E-state index in [2.05, 4.69) is 5.10 Å². The summed E-state index contributed by atoms with van der Waals surface area (Å²) in [4.78, 5) is 0. The molecule has 0 saturated carbocycles. The molecule has 0 saturated heterocycles. The quantitative estimate of drug-likeness (QED) is 0.612. The second-order valence-corrected chi connectivity index (χ2v) is 2.14. The lowest BCUT2D eigenvalue weighted by atomic mass is 10.4. The smallest absolute Gasteiger partial charge is 0.216 e. The van der Waals surface area contributed by atoms with Crippen molar-refractivity contribution in [2.45, 2.75) is 6.92 Å². The molecule has 0 unspecified atom stereocenters. The summed E-state index contributed by atoms with van der Waals surface area (Å²) < 4.78 is 6.63. The zero-order valence-electron chi connectivity index (χ0n) is 6.38. The van der Waals surface area contributed by atoms with E-state index in [4.69, 9.17) is 10.5 Å². The van der Waals surface area contributed by atoms with Crippen LogP contribution in [0.4, 0.5) is 5.82 Å². The van der Waals surface area contributed by atoms with Crippen LogP contribution in [0.5, 0.6) is 5.88 Å². The molecule has 1 aromatic rings. The van der Waals surface area contributed by atoms with Crippen molar-refractivity contribution in [3.63, 3.8) is 0 Å². The lowest BCUT2D eigenvalue weighted by Gasteiger charge is -1.98. The van der Waals surface area contributed by atoms with Crippen LogP contribution in [0.1, 0.15) is 5.56 Å². The number of rotatable bonds is 1. The second kappa shape index (κ2) is 2.21. The number of aromatic nitrogens is 2. The molecule has 1 heterocycles. The molecule has 1 aromatic heterocycles. The third-order valence-electron chi connectivity index (χ3n) is 1.45. The van der Waals surface area contributed by atoms with Crippen molar-refractivity contribution in [3.8, 4) is 5.88 Å². The number of nitrogen functional groups attached to an aromatic ring is 1. The van der Waals surface area contributed by atoms with Crippen LogP contribution in [0.2, 0.25) is 0 Å². The highest BCUT2D eigenvalue weighted by Crippen LogP contribution is 2.20. The van der Waals surface area contributed by atoms with Gasteiger partial charge in [-0.25, -0.2) is 4.68 Å². The van der Waals surface area contributed by atoms with Crippen molar-refractivity contribution in [2.24, 2.45) is 7.05 Å². The minimum atomic E-state index is 0.527. The highest BCUT2D eigenvalue weighted by molar-refractivity contribution is 5.44. The van der Waals surface area contributed by atoms with Crippen LogP contribution in [-0.2, 0) is 7.05 Å². The summed E-state index contributed by atoms with van der Waals surface area (Å²) in [7, 11) is 3.39. The Morgan fingerprint density at radius 1 is 1.60 bits per heavy atom. The Morgan fingerprint density at radius 2 is 2.20 bits per heavy atom. The predicted molar refractivity (Wildman–Crippen MR) is 38.9 cm³/mol. The molecule has 2 N–H and O–H groups in total. The van der Waals surface area contributed by atoms with Gasteiger partial charge in [0.2, 0.25) is 5.88 Å². The number of hydrogen-bond donors (Lipinski definition) is 1. The van der Waals surface area contributed by atoms with Crippen LogP contribution >= 0.6 is 0 Å². The van der Waals surface area contributed by atoms with Gasteiger partial charge in [0.1, 0.15) is 0 Å². The molecule has 56 valence electrons. The molecule has 0 fully saturated rings. The van der Waals surface area contributed by atoms with Crippen LogP contribution in [0.15, 0.2) is 0 Å². The molecule has 4 heteroatoms. The maximum atomic E-state index is 5.51. The molecule has 0 aliphatic rings. The lowest BCUT2D eigenvalue weighted by Crippen LogP contribution is -1.95. The monoisotopic (exact) mass is 141 g/mol. The standard InChI is InChI=1S/C6H11N3O/c1-4-5(7)8-9(2)6(4)10-3/h1-3H3,(H2,7,8). The highest BCUT2D eigenvalue weighted by Gasteiger charge is 2.08. The van der Waals surface area contributed by atoms with Crippen LogP contribution in [0.25, 0.3) is 0 Å². The van der Waals surface area contributed by atoms with E-state index in [0.717, 1.165) is 11.4 Å². The number of ether oxygens (including phenoxy) is 1. The van der Waals surface area contributed by atoms with E-state index in [1.807, 2.05) is 6.92 Å². The first-order valence-electron chi connectivity index (χ1n) is 3.00. The van der Waals surface area contributed by atoms with Gasteiger partial charge in [-0.3, -0.25) is 0 Å². The topological polar surface area (TPSA) is 53.1 Å². The maximum Gasteiger partial charge on any atom is 0.216 e. The van der Waals surface area contributed by atoms with E-state index in [9.17, 15) is 0 Å². The zero-order valence-corrected chi connectivity index (χ0v) is 6.38. The Labute approximate surface area is 59.6 Å². The molecule has 0 aliphatic heterocycles. The summed E-state index contributed by atoms with van der Waals surface area (Å²) in [5.74, 6) is 1.25. The number of nitrogens with zero attached hydrogens (tertiary/aromatic N) is 2. The van der Waals surface area contributed by atoms with Crippen LogP contribution in [0.3, 0.4) is 0 Å². The van der Waals surface area contributed by atoms with Gasteiger partial charge in [-0.1, -0.05) is 0 Å². The summed E-state index contributed by atoms with van der Waals surface area (Å²) in [6.07, 6.45) is 0. The Hall–Kier alpha value is -1.19. The summed E-state index contributed by atoms with van der Waals surface area (Å²) >= 11 is 0. The third-order valence-corrected chi connectivity index (χ3v) is 1.45. The normalized spacial score (nSPS) is 9.90. The Kier molecular flexibility index (Phi) is 1.53. The SMILES string of the molecule is COc1c(C)c(N)nn1C. The Bertz CT molecular complexity index is 241. The van der Waals surface area contributed by atoms with Gasteiger partial charge in [-0.15, -0.1) is 0 Å². The van der Waals surface area contributed by atoms with E-state index < -0.39 is 0 Å². The fraction of sp³-hybridized carbons (Fsp3) is 0.500. The molecule has 0 spiro atoms. The number of nitrogens with two attached hydrogens (primary N) is 1. The fourth-order valence-corrected chi connectivity index (χ4v) is 0.919. The van der Waals surface area contributed by atoms with E-state index in [0.29, 0.717) is 5.82 Å². The van der Waals surface area contributed by atoms with Gasteiger partial charge < -0.3 is 10.5 Å². The minimum Gasteiger partial charge on any atom is -0.481 e. The zero-order chi connectivity index (χ0) is 7.72. The lowest BCUT2D eigenvalue weighted by molar-refractivity contribution is 0.371. The minimum absolute atomic E-state index is 0.527. The van der Waals surface area contributed by atoms with Gasteiger partial charge in [0.15, 0.2) is 5.82 Å². The van der Waals surface area contributed by atoms with E-state index in [1.165, 1.54) is 0 Å². The summed E-state index contributed by atoms with van der Waals surface area (Å²) in [5, 5.41) is 3.95. The van der Waals surface area contributed by atoms with Crippen LogP contribution in [0, 0.1) is 6.92 Å². The molecular formula is C6H11N3O. The second-order valence-electron chi connectivity index (χ2n) is 2.14. The molecule has 0 amide bonds. The molecule has 0 radical (unpaired) electrons. The number of anilines is 1. The number of methoxy groups -OCH3 is 1. The molecular weight excluding hydrogens is 130 g/mol. The molecule has 1 rings (SSSR count). The average Bonchev–Trinajstić information content (AvgIpc) is 2.09. The molecule has 0 aliphatic carbocycles. The van der Waals surface area contributed by atoms with Crippen molar-refractivity contribution in [3.05, 3.63) is 5.56 Å². The van der Waals surface area contributed by atoms with Crippen LogP contribution in [-0.4, -0.2) is 16.9 Å². The van der Waals surface area contributed by atoms with Gasteiger partial charge in [-0.05, 0) is 6.92 Å². The molecule has 10 heavy (non-hydrogen) atoms. The first-order valence-corrected chi connectivity index (χ1v) is 3.00. The van der Waals surface area contributed by atoms with Gasteiger partial charge in [-0.2, -0.15) is 5.10 Å². The van der Waals surface area contributed by atoms with Crippen molar-refractivity contribution in [1.82, 2.24) is 9.78 Å². The molecule has 0 atom stereocenters. The van der Waals surface area contributed by atoms with E-state index >= 15 is 0 Å². The van der Waals surface area contributed by atoms with E-state index in [-0.39, 0.29) is 0 Å². The number of aryl methyl sites for hydroxylation is 1. The van der Waals surface area contributed by atoms with Gasteiger partial charge >= 0.3 is 0 Å². The molecule has 0 bridgehead atoms. The summed E-state index contributed by atoms with van der Waals surface area (Å²) in [6.45, 7) is 1.88. The molecule has 4 nitrogen and oxygen atoms in total.